The van der Waals surface area contributed by atoms with Gasteiger partial charge in [0.15, 0.2) is 10.7 Å². The Hall–Kier alpha value is -2.62. The molecule has 30 heavy (non-hydrogen) atoms. The highest BCUT2D eigenvalue weighted by atomic mass is 35.5. The molecule has 0 bridgehead atoms. The number of benzene rings is 1. The summed E-state index contributed by atoms with van der Waals surface area (Å²) in [7, 11) is 0. The fourth-order valence-electron chi connectivity index (χ4n) is 3.10. The van der Waals surface area contributed by atoms with Gasteiger partial charge in [-0.05, 0) is 37.1 Å². The summed E-state index contributed by atoms with van der Waals surface area (Å²) in [6.45, 7) is 0.469. The van der Waals surface area contributed by atoms with Gasteiger partial charge in [0, 0.05) is 17.9 Å². The average molecular weight is 464 g/mol. The van der Waals surface area contributed by atoms with Gasteiger partial charge in [-0.1, -0.05) is 41.0 Å². The largest absolute Gasteiger partial charge is 0.493 e. The van der Waals surface area contributed by atoms with Crippen molar-refractivity contribution < 1.29 is 9.90 Å². The predicted molar refractivity (Wildman–Crippen MR) is 114 cm³/mol. The molecule has 2 N–H and O–H groups in total. The van der Waals surface area contributed by atoms with Crippen LogP contribution in [0.4, 0.5) is 5.69 Å². The van der Waals surface area contributed by atoms with Crippen LogP contribution in [0.15, 0.2) is 45.0 Å². The van der Waals surface area contributed by atoms with Crippen LogP contribution in [0, 0.1) is 0 Å². The highest BCUT2D eigenvalue weighted by Gasteiger charge is 2.24. The molecule has 4 rings (SSSR count). The van der Waals surface area contributed by atoms with Gasteiger partial charge in [-0.3, -0.25) is 14.2 Å². The van der Waals surface area contributed by atoms with Crippen LogP contribution in [-0.4, -0.2) is 30.8 Å². The topological polar surface area (TPSA) is 110 Å². The van der Waals surface area contributed by atoms with Crippen LogP contribution in [0.1, 0.15) is 29.0 Å². The summed E-state index contributed by atoms with van der Waals surface area (Å²) >= 11 is 13.4. The van der Waals surface area contributed by atoms with Crippen molar-refractivity contribution in [2.24, 2.45) is 0 Å². The molecule has 8 nitrogen and oxygen atoms in total. The van der Waals surface area contributed by atoms with Crippen molar-refractivity contribution >= 4 is 46.6 Å². The van der Waals surface area contributed by atoms with Crippen molar-refractivity contribution in [3.8, 4) is 5.88 Å². The van der Waals surface area contributed by atoms with Gasteiger partial charge in [0.1, 0.15) is 10.9 Å². The first-order chi connectivity index (χ1) is 14.4. The number of nitrogens with one attached hydrogen (secondary N) is 1. The van der Waals surface area contributed by atoms with E-state index < -0.39 is 22.9 Å². The fourth-order valence-corrected chi connectivity index (χ4v) is 4.28. The zero-order chi connectivity index (χ0) is 21.3. The van der Waals surface area contributed by atoms with Gasteiger partial charge in [-0.15, -0.1) is 10.2 Å². The first-order valence-electron chi connectivity index (χ1n) is 9.03. The SMILES string of the molecule is O=C(Nc1cccc(Sc2ccc(Cl)nn2)c1Cl)c1c(O)nc2n(c1=O)CCCC2. The minimum atomic E-state index is -0.777. The number of amides is 1. The Morgan fingerprint density at radius 1 is 1.17 bits per heavy atom. The van der Waals surface area contributed by atoms with E-state index >= 15 is 0 Å². The third-order valence-corrected chi connectivity index (χ3v) is 6.23. The monoisotopic (exact) mass is 463 g/mol. The van der Waals surface area contributed by atoms with E-state index in [-0.39, 0.29) is 15.9 Å². The van der Waals surface area contributed by atoms with Crippen LogP contribution in [0.3, 0.4) is 0 Å². The number of hydrogen-bond donors (Lipinski definition) is 2. The minimum Gasteiger partial charge on any atom is -0.493 e. The lowest BCUT2D eigenvalue weighted by Crippen LogP contribution is -2.34. The quantitative estimate of drug-likeness (QED) is 0.605. The molecular weight excluding hydrogens is 449 g/mol. The van der Waals surface area contributed by atoms with Gasteiger partial charge in [-0.25, -0.2) is 0 Å². The van der Waals surface area contributed by atoms with E-state index in [1.807, 2.05) is 0 Å². The number of nitrogens with zero attached hydrogens (tertiary/aromatic N) is 4. The van der Waals surface area contributed by atoms with Crippen LogP contribution in [-0.2, 0) is 13.0 Å². The van der Waals surface area contributed by atoms with Crippen LogP contribution in [0.2, 0.25) is 10.2 Å². The van der Waals surface area contributed by atoms with Crippen LogP contribution in [0.25, 0.3) is 0 Å². The van der Waals surface area contributed by atoms with Crippen LogP contribution >= 0.6 is 35.0 Å². The van der Waals surface area contributed by atoms with Gasteiger partial charge in [-0.2, -0.15) is 4.98 Å². The third-order valence-electron chi connectivity index (χ3n) is 4.52. The predicted octanol–water partition coefficient (Wildman–Crippen LogP) is 3.79. The van der Waals surface area contributed by atoms with Gasteiger partial charge < -0.3 is 10.4 Å². The second-order valence-corrected chi connectivity index (χ2v) is 8.34. The first-order valence-corrected chi connectivity index (χ1v) is 10.6. The second-order valence-electron chi connectivity index (χ2n) is 6.51. The molecule has 0 saturated heterocycles. The molecule has 1 aromatic carbocycles. The lowest BCUT2D eigenvalue weighted by atomic mass is 10.1. The fraction of sp³-hybridized carbons (Fsp3) is 0.211. The molecule has 0 saturated carbocycles. The van der Waals surface area contributed by atoms with E-state index in [1.165, 1.54) is 16.3 Å². The Morgan fingerprint density at radius 3 is 2.77 bits per heavy atom. The van der Waals surface area contributed by atoms with E-state index in [2.05, 4.69) is 20.5 Å². The number of aryl methyl sites for hydroxylation is 1. The van der Waals surface area contributed by atoms with E-state index in [9.17, 15) is 14.7 Å². The Kier molecular flexibility index (Phi) is 5.94. The van der Waals surface area contributed by atoms with E-state index in [4.69, 9.17) is 23.2 Å². The lowest BCUT2D eigenvalue weighted by molar-refractivity contribution is 0.102. The molecule has 3 aromatic rings. The molecule has 1 aliphatic rings. The summed E-state index contributed by atoms with van der Waals surface area (Å²) in [5, 5.41) is 21.6. The smallest absolute Gasteiger partial charge is 0.270 e. The minimum absolute atomic E-state index is 0.262. The number of halogens is 2. The molecule has 11 heteroatoms. The number of carbonyl (C=O) groups excluding carboxylic acids is 1. The number of aromatic hydroxyl groups is 1. The van der Waals surface area contributed by atoms with Gasteiger partial charge in [0.2, 0.25) is 5.88 Å². The molecule has 3 heterocycles. The molecule has 0 fully saturated rings. The summed E-state index contributed by atoms with van der Waals surface area (Å²) in [5.41, 5.74) is -0.679. The highest BCUT2D eigenvalue weighted by Crippen LogP contribution is 2.36. The van der Waals surface area contributed by atoms with Crippen molar-refractivity contribution in [2.75, 3.05) is 5.32 Å². The summed E-state index contributed by atoms with van der Waals surface area (Å²) in [5.74, 6) is -0.870. The van der Waals surface area contributed by atoms with Gasteiger partial charge >= 0.3 is 0 Å². The Balaban J connectivity index is 1.61. The zero-order valence-corrected chi connectivity index (χ0v) is 17.8. The number of anilines is 1. The van der Waals surface area contributed by atoms with E-state index in [0.29, 0.717) is 28.7 Å². The van der Waals surface area contributed by atoms with Crippen LogP contribution < -0.4 is 10.9 Å². The van der Waals surface area contributed by atoms with Crippen molar-refractivity contribution in [1.29, 1.82) is 0 Å². The number of hydrogen-bond acceptors (Lipinski definition) is 7. The molecule has 0 unspecified atom stereocenters. The second kappa shape index (κ2) is 8.63. The summed E-state index contributed by atoms with van der Waals surface area (Å²) in [4.78, 5) is 30.2. The molecule has 0 spiro atoms. The first kappa shape index (κ1) is 20.6. The number of aromatic nitrogens is 4. The third kappa shape index (κ3) is 4.14. The van der Waals surface area contributed by atoms with E-state index in [0.717, 1.165) is 12.8 Å². The van der Waals surface area contributed by atoms with Crippen molar-refractivity contribution in [2.45, 2.75) is 35.7 Å². The van der Waals surface area contributed by atoms with Crippen molar-refractivity contribution in [3.05, 3.63) is 62.2 Å². The lowest BCUT2D eigenvalue weighted by Gasteiger charge is -2.18. The molecule has 2 aromatic heterocycles. The Bertz CT molecular complexity index is 1180. The van der Waals surface area contributed by atoms with Gasteiger partial charge in [0.05, 0.1) is 10.7 Å². The number of carbonyl (C=O) groups is 1. The summed E-state index contributed by atoms with van der Waals surface area (Å²) in [6, 6.07) is 8.35. The Morgan fingerprint density at radius 2 is 2.00 bits per heavy atom. The van der Waals surface area contributed by atoms with Gasteiger partial charge in [0.25, 0.3) is 11.5 Å². The summed E-state index contributed by atoms with van der Waals surface area (Å²) < 4.78 is 1.44. The molecular formula is C19H15Cl2N5O3S. The zero-order valence-electron chi connectivity index (χ0n) is 15.4. The molecule has 0 radical (unpaired) electrons. The van der Waals surface area contributed by atoms with Crippen LogP contribution in [0.5, 0.6) is 5.88 Å². The maximum atomic E-state index is 12.8. The number of fused-ring (bicyclic) bond motifs is 1. The highest BCUT2D eigenvalue weighted by molar-refractivity contribution is 7.99. The molecule has 1 aliphatic heterocycles. The van der Waals surface area contributed by atoms with E-state index in [1.54, 1.807) is 30.3 Å². The molecule has 154 valence electrons. The normalized spacial score (nSPS) is 13.0. The number of rotatable bonds is 4. The molecule has 0 atom stereocenters. The maximum Gasteiger partial charge on any atom is 0.270 e. The van der Waals surface area contributed by atoms with Crippen molar-refractivity contribution in [1.82, 2.24) is 19.7 Å². The Labute approximate surface area is 185 Å². The summed E-state index contributed by atoms with van der Waals surface area (Å²) in [6.07, 6.45) is 2.29. The standard InChI is InChI=1S/C19H15Cl2N5O3S/c20-12-7-8-14(25-24-12)30-11-5-3-4-10(16(11)21)22-17(27)15-18(28)23-13-6-1-2-9-26(13)19(15)29/h3-5,7-8,28H,1-2,6,9H2,(H,22,27). The molecule has 0 aliphatic carbocycles. The average Bonchev–Trinajstić information content (AvgIpc) is 2.72. The maximum absolute atomic E-state index is 12.8. The van der Waals surface area contributed by atoms with Crippen molar-refractivity contribution in [3.63, 3.8) is 0 Å². The molecule has 1 amide bonds.